The molecule has 2 N–H and O–H groups in total. The van der Waals surface area contributed by atoms with E-state index < -0.39 is 0 Å². The van der Waals surface area contributed by atoms with Crippen LogP contribution in [0.2, 0.25) is 0 Å². The summed E-state index contributed by atoms with van der Waals surface area (Å²) in [6.07, 6.45) is 10.6. The number of hydrogen-bond donors (Lipinski definition) is 2. The van der Waals surface area contributed by atoms with Crippen molar-refractivity contribution in [3.05, 3.63) is 0 Å². The lowest BCUT2D eigenvalue weighted by Gasteiger charge is -2.30. The molecule has 2 unspecified atom stereocenters. The van der Waals surface area contributed by atoms with Crippen LogP contribution in [0.1, 0.15) is 58.3 Å². The quantitative estimate of drug-likeness (QED) is 0.771. The van der Waals surface area contributed by atoms with Gasteiger partial charge >= 0.3 is 0 Å². The van der Waals surface area contributed by atoms with Crippen LogP contribution in [0.15, 0.2) is 0 Å². The summed E-state index contributed by atoms with van der Waals surface area (Å²) in [4.78, 5) is 0. The maximum atomic E-state index is 9.11. The lowest BCUT2D eigenvalue weighted by atomic mass is 9.86. The van der Waals surface area contributed by atoms with Gasteiger partial charge in [-0.1, -0.05) is 13.3 Å². The van der Waals surface area contributed by atoms with Crippen LogP contribution in [-0.4, -0.2) is 23.8 Å². The van der Waals surface area contributed by atoms with E-state index >= 15 is 0 Å². The van der Waals surface area contributed by atoms with Gasteiger partial charge in [0.25, 0.3) is 0 Å². The molecule has 16 heavy (non-hydrogen) atoms. The van der Waals surface area contributed by atoms with E-state index in [4.69, 9.17) is 5.11 Å². The van der Waals surface area contributed by atoms with Gasteiger partial charge in [0.2, 0.25) is 0 Å². The highest BCUT2D eigenvalue weighted by Gasteiger charge is 2.27. The van der Waals surface area contributed by atoms with Gasteiger partial charge in [0.15, 0.2) is 0 Å². The molecule has 0 spiro atoms. The molecule has 0 aromatic carbocycles. The predicted octanol–water partition coefficient (Wildman–Crippen LogP) is 2.71. The monoisotopic (exact) mass is 225 g/mol. The zero-order valence-corrected chi connectivity index (χ0v) is 10.6. The first-order valence-corrected chi connectivity index (χ1v) is 7.18. The Morgan fingerprint density at radius 1 is 0.938 bits per heavy atom. The molecule has 0 amide bonds. The van der Waals surface area contributed by atoms with Gasteiger partial charge in [-0.25, -0.2) is 0 Å². The zero-order valence-electron chi connectivity index (χ0n) is 10.6. The van der Waals surface area contributed by atoms with Gasteiger partial charge in [-0.2, -0.15) is 0 Å². The Bertz CT molecular complexity index is 199. The normalized spacial score (nSPS) is 40.1. The van der Waals surface area contributed by atoms with Crippen LogP contribution < -0.4 is 5.32 Å². The summed E-state index contributed by atoms with van der Waals surface area (Å²) in [5, 5.41) is 13.0. The standard InChI is InChI=1S/C14H27NO/c1-2-11-3-8-14(9-11)15-13-6-4-12(10-16)5-7-13/h11-16H,2-10H2,1H3. The van der Waals surface area contributed by atoms with Crippen molar-refractivity contribution in [3.63, 3.8) is 0 Å². The van der Waals surface area contributed by atoms with Crippen LogP contribution >= 0.6 is 0 Å². The van der Waals surface area contributed by atoms with Crippen LogP contribution in [0.3, 0.4) is 0 Å². The second-order valence-corrected chi connectivity index (χ2v) is 5.85. The van der Waals surface area contributed by atoms with Crippen molar-refractivity contribution in [1.82, 2.24) is 5.32 Å². The van der Waals surface area contributed by atoms with Crippen molar-refractivity contribution in [2.45, 2.75) is 70.4 Å². The molecule has 0 bridgehead atoms. The average molecular weight is 225 g/mol. The molecule has 2 atom stereocenters. The number of rotatable bonds is 4. The second kappa shape index (κ2) is 6.02. The van der Waals surface area contributed by atoms with E-state index in [1.165, 1.54) is 51.4 Å². The number of nitrogens with one attached hydrogen (secondary N) is 1. The van der Waals surface area contributed by atoms with Gasteiger partial charge in [-0.15, -0.1) is 0 Å². The van der Waals surface area contributed by atoms with Crippen molar-refractivity contribution in [2.24, 2.45) is 11.8 Å². The Morgan fingerprint density at radius 2 is 1.56 bits per heavy atom. The fourth-order valence-corrected chi connectivity index (χ4v) is 3.44. The lowest BCUT2D eigenvalue weighted by Crippen LogP contribution is -2.39. The summed E-state index contributed by atoms with van der Waals surface area (Å²) in [7, 11) is 0. The van der Waals surface area contributed by atoms with Gasteiger partial charge in [0, 0.05) is 18.7 Å². The van der Waals surface area contributed by atoms with Crippen molar-refractivity contribution in [3.8, 4) is 0 Å². The molecule has 0 aliphatic heterocycles. The van der Waals surface area contributed by atoms with Crippen molar-refractivity contribution >= 4 is 0 Å². The highest BCUT2D eigenvalue weighted by molar-refractivity contribution is 4.85. The molecule has 0 heterocycles. The van der Waals surface area contributed by atoms with Crippen molar-refractivity contribution in [1.29, 1.82) is 0 Å². The first-order valence-electron chi connectivity index (χ1n) is 7.18. The topological polar surface area (TPSA) is 32.3 Å². The zero-order chi connectivity index (χ0) is 11.4. The fourth-order valence-electron chi connectivity index (χ4n) is 3.44. The molecular weight excluding hydrogens is 198 g/mol. The second-order valence-electron chi connectivity index (χ2n) is 5.85. The molecule has 0 radical (unpaired) electrons. The third-order valence-electron chi connectivity index (χ3n) is 4.69. The predicted molar refractivity (Wildman–Crippen MR) is 67.4 cm³/mol. The van der Waals surface area contributed by atoms with E-state index in [0.717, 1.165) is 18.0 Å². The van der Waals surface area contributed by atoms with Crippen molar-refractivity contribution < 1.29 is 5.11 Å². The highest BCUT2D eigenvalue weighted by atomic mass is 16.3. The Morgan fingerprint density at radius 3 is 2.12 bits per heavy atom. The average Bonchev–Trinajstić information content (AvgIpc) is 2.78. The molecule has 0 aromatic rings. The number of aliphatic hydroxyl groups excluding tert-OH is 1. The molecule has 94 valence electrons. The van der Waals surface area contributed by atoms with Gasteiger partial charge < -0.3 is 10.4 Å². The molecule has 2 aliphatic carbocycles. The Kier molecular flexibility index (Phi) is 4.66. The molecule has 2 fully saturated rings. The molecule has 0 aromatic heterocycles. The summed E-state index contributed by atoms with van der Waals surface area (Å²) in [5.74, 6) is 1.57. The molecular formula is C14H27NO. The minimum Gasteiger partial charge on any atom is -0.396 e. The minimum absolute atomic E-state index is 0.397. The SMILES string of the molecule is CCC1CCC(NC2CCC(CO)CC2)C1. The van der Waals surface area contributed by atoms with E-state index in [1.807, 2.05) is 0 Å². The van der Waals surface area contributed by atoms with Gasteiger partial charge in [-0.3, -0.25) is 0 Å². The first-order chi connectivity index (χ1) is 7.81. The third kappa shape index (κ3) is 3.21. The Labute approximate surface area is 99.8 Å². The fraction of sp³-hybridized carbons (Fsp3) is 1.00. The third-order valence-corrected chi connectivity index (χ3v) is 4.69. The summed E-state index contributed by atoms with van der Waals surface area (Å²) in [6.45, 7) is 2.72. The molecule has 0 saturated heterocycles. The van der Waals surface area contributed by atoms with E-state index in [-0.39, 0.29) is 0 Å². The number of hydrogen-bond acceptors (Lipinski definition) is 2. The molecule has 2 nitrogen and oxygen atoms in total. The largest absolute Gasteiger partial charge is 0.396 e. The van der Waals surface area contributed by atoms with E-state index in [2.05, 4.69) is 12.2 Å². The van der Waals surface area contributed by atoms with Crippen LogP contribution in [0.4, 0.5) is 0 Å². The van der Waals surface area contributed by atoms with Gasteiger partial charge in [0.05, 0.1) is 0 Å². The molecule has 2 saturated carbocycles. The van der Waals surface area contributed by atoms with Gasteiger partial charge in [-0.05, 0) is 56.8 Å². The summed E-state index contributed by atoms with van der Waals surface area (Å²) >= 11 is 0. The Hall–Kier alpha value is -0.0800. The van der Waals surface area contributed by atoms with E-state index in [0.29, 0.717) is 12.5 Å². The minimum atomic E-state index is 0.397. The van der Waals surface area contributed by atoms with Crippen molar-refractivity contribution in [2.75, 3.05) is 6.61 Å². The molecule has 2 aliphatic rings. The van der Waals surface area contributed by atoms with Crippen LogP contribution in [0, 0.1) is 11.8 Å². The lowest BCUT2D eigenvalue weighted by molar-refractivity contribution is 0.171. The van der Waals surface area contributed by atoms with E-state index in [1.54, 1.807) is 0 Å². The maximum absolute atomic E-state index is 9.11. The summed E-state index contributed by atoms with van der Waals surface area (Å²) < 4.78 is 0. The molecule has 2 heteroatoms. The Balaban J connectivity index is 1.67. The van der Waals surface area contributed by atoms with Gasteiger partial charge in [0.1, 0.15) is 0 Å². The smallest absolute Gasteiger partial charge is 0.0459 e. The first kappa shape index (κ1) is 12.4. The van der Waals surface area contributed by atoms with Crippen LogP contribution in [-0.2, 0) is 0 Å². The maximum Gasteiger partial charge on any atom is 0.0459 e. The summed E-state index contributed by atoms with van der Waals surface area (Å²) in [5.41, 5.74) is 0. The van der Waals surface area contributed by atoms with Crippen LogP contribution in [0.5, 0.6) is 0 Å². The van der Waals surface area contributed by atoms with Crippen LogP contribution in [0.25, 0.3) is 0 Å². The summed E-state index contributed by atoms with van der Waals surface area (Å²) in [6, 6.07) is 1.53. The number of aliphatic hydroxyl groups is 1. The molecule has 2 rings (SSSR count). The van der Waals surface area contributed by atoms with E-state index in [9.17, 15) is 0 Å². The highest BCUT2D eigenvalue weighted by Crippen LogP contribution is 2.30.